The smallest absolute Gasteiger partial charge is 0.325 e. The number of methoxy groups -OCH3 is 1. The van der Waals surface area contributed by atoms with E-state index in [0.717, 1.165) is 32.5 Å². The maximum Gasteiger partial charge on any atom is 0.325 e. The zero-order valence-electron chi connectivity index (χ0n) is 15.2. The van der Waals surface area contributed by atoms with Crippen LogP contribution >= 0.6 is 11.3 Å². The van der Waals surface area contributed by atoms with E-state index in [1.54, 1.807) is 6.20 Å². The number of hydrogen-bond acceptors (Lipinski definition) is 6. The summed E-state index contributed by atoms with van der Waals surface area (Å²) in [7, 11) is 1.30. The van der Waals surface area contributed by atoms with Gasteiger partial charge < -0.3 is 4.74 Å². The molecule has 1 aromatic carbocycles. The lowest BCUT2D eigenvalue weighted by Crippen LogP contribution is -2.20. The maximum atomic E-state index is 12.6. The maximum absolute atomic E-state index is 12.6. The number of rotatable bonds is 4. The minimum Gasteiger partial charge on any atom is -0.468 e. The van der Waals surface area contributed by atoms with Crippen LogP contribution in [-0.2, 0) is 16.1 Å². The standard InChI is InChI=1S/C19H18N4O3S/c1-11(2)23-17-13(9-20-23)15(12-7-5-4-6-8-12)16-18(21-17)22(19(25)27-16)10-14(24)26-3/h4-9,11H,10H2,1-3H3. The van der Waals surface area contributed by atoms with Gasteiger partial charge in [0.2, 0.25) is 0 Å². The number of hydrogen-bond donors (Lipinski definition) is 0. The lowest BCUT2D eigenvalue weighted by atomic mass is 10.0. The number of aromatic nitrogens is 4. The van der Waals surface area contributed by atoms with Crippen molar-refractivity contribution in [3.05, 3.63) is 46.2 Å². The zero-order valence-corrected chi connectivity index (χ0v) is 16.0. The Balaban J connectivity index is 2.13. The van der Waals surface area contributed by atoms with Crippen LogP contribution in [0.5, 0.6) is 0 Å². The highest BCUT2D eigenvalue weighted by Gasteiger charge is 2.22. The summed E-state index contributed by atoms with van der Waals surface area (Å²) < 4.78 is 8.67. The van der Waals surface area contributed by atoms with Crippen LogP contribution < -0.4 is 4.87 Å². The van der Waals surface area contributed by atoms with E-state index in [2.05, 4.69) is 5.10 Å². The van der Waals surface area contributed by atoms with Crippen LogP contribution in [0.25, 0.3) is 32.5 Å². The topological polar surface area (TPSA) is 79.0 Å². The zero-order chi connectivity index (χ0) is 19.1. The van der Waals surface area contributed by atoms with Crippen LogP contribution in [0, 0.1) is 0 Å². The molecule has 27 heavy (non-hydrogen) atoms. The summed E-state index contributed by atoms with van der Waals surface area (Å²) in [5, 5.41) is 5.38. The molecule has 138 valence electrons. The molecule has 0 N–H and O–H groups in total. The predicted octanol–water partition coefficient (Wildman–Crippen LogP) is 3.23. The molecule has 0 radical (unpaired) electrons. The molecule has 8 heteroatoms. The Morgan fingerprint density at radius 2 is 1.96 bits per heavy atom. The molecule has 0 fully saturated rings. The summed E-state index contributed by atoms with van der Waals surface area (Å²) in [6.45, 7) is 3.88. The van der Waals surface area contributed by atoms with Gasteiger partial charge in [0.25, 0.3) is 0 Å². The van der Waals surface area contributed by atoms with E-state index in [1.165, 1.54) is 11.7 Å². The number of ether oxygens (including phenoxy) is 1. The predicted molar refractivity (Wildman–Crippen MR) is 105 cm³/mol. The molecule has 7 nitrogen and oxygen atoms in total. The Morgan fingerprint density at radius 1 is 1.22 bits per heavy atom. The number of benzene rings is 1. The van der Waals surface area contributed by atoms with E-state index in [4.69, 9.17) is 9.72 Å². The van der Waals surface area contributed by atoms with Crippen LogP contribution in [0.15, 0.2) is 41.3 Å². The average Bonchev–Trinajstić information content (AvgIpc) is 3.22. The lowest BCUT2D eigenvalue weighted by molar-refractivity contribution is -0.141. The van der Waals surface area contributed by atoms with E-state index < -0.39 is 5.97 Å². The minimum atomic E-state index is -0.489. The second kappa shape index (κ2) is 6.62. The SMILES string of the molecule is COC(=O)Cn1c(=O)sc2c(-c3ccccc3)c3cnn(C(C)C)c3nc21. The highest BCUT2D eigenvalue weighted by atomic mass is 32.1. The van der Waals surface area contributed by atoms with E-state index >= 15 is 0 Å². The van der Waals surface area contributed by atoms with Crippen molar-refractivity contribution in [2.24, 2.45) is 0 Å². The van der Waals surface area contributed by atoms with Gasteiger partial charge >= 0.3 is 10.8 Å². The Labute approximate surface area is 158 Å². The number of esters is 1. The average molecular weight is 382 g/mol. The highest BCUT2D eigenvalue weighted by Crippen LogP contribution is 2.36. The van der Waals surface area contributed by atoms with Gasteiger partial charge in [-0.25, -0.2) is 9.67 Å². The second-order valence-electron chi connectivity index (χ2n) is 6.46. The van der Waals surface area contributed by atoms with Gasteiger partial charge in [-0.05, 0) is 19.4 Å². The molecule has 3 heterocycles. The van der Waals surface area contributed by atoms with Crippen LogP contribution in [0.3, 0.4) is 0 Å². The van der Waals surface area contributed by atoms with Gasteiger partial charge in [-0.2, -0.15) is 5.10 Å². The van der Waals surface area contributed by atoms with E-state index in [0.29, 0.717) is 11.3 Å². The fourth-order valence-electron chi connectivity index (χ4n) is 3.14. The van der Waals surface area contributed by atoms with Gasteiger partial charge in [-0.15, -0.1) is 0 Å². The molecule has 0 saturated carbocycles. The van der Waals surface area contributed by atoms with Gasteiger partial charge in [-0.1, -0.05) is 41.7 Å². The molecule has 0 aliphatic carbocycles. The molecule has 0 unspecified atom stereocenters. The molecule has 0 atom stereocenters. The first-order chi connectivity index (χ1) is 13.0. The van der Waals surface area contributed by atoms with Crippen molar-refractivity contribution in [3.8, 4) is 11.1 Å². The highest BCUT2D eigenvalue weighted by molar-refractivity contribution is 7.17. The third kappa shape index (κ3) is 2.82. The van der Waals surface area contributed by atoms with Crippen LogP contribution in [-0.4, -0.2) is 32.4 Å². The second-order valence-corrected chi connectivity index (χ2v) is 7.42. The van der Waals surface area contributed by atoms with Crippen LogP contribution in [0.4, 0.5) is 0 Å². The van der Waals surface area contributed by atoms with Gasteiger partial charge in [0.05, 0.1) is 18.0 Å². The Bertz CT molecular complexity index is 1200. The number of carbonyl (C=O) groups is 1. The molecule has 0 saturated heterocycles. The van der Waals surface area contributed by atoms with Gasteiger partial charge in [0.15, 0.2) is 11.3 Å². The quantitative estimate of drug-likeness (QED) is 0.506. The first-order valence-corrected chi connectivity index (χ1v) is 9.35. The van der Waals surface area contributed by atoms with E-state index in [9.17, 15) is 9.59 Å². The Morgan fingerprint density at radius 3 is 2.63 bits per heavy atom. The summed E-state index contributed by atoms with van der Waals surface area (Å²) in [5.74, 6) is -0.489. The monoisotopic (exact) mass is 382 g/mol. The first-order valence-electron chi connectivity index (χ1n) is 8.54. The molecular formula is C19H18N4O3S. The summed E-state index contributed by atoms with van der Waals surface area (Å²) in [6, 6.07) is 9.95. The third-order valence-electron chi connectivity index (χ3n) is 4.41. The fraction of sp³-hybridized carbons (Fsp3) is 0.263. The van der Waals surface area contributed by atoms with Crippen molar-refractivity contribution in [3.63, 3.8) is 0 Å². The third-order valence-corrected chi connectivity index (χ3v) is 5.40. The number of thiazole rings is 1. The van der Waals surface area contributed by atoms with Crippen molar-refractivity contribution in [1.29, 1.82) is 0 Å². The molecule has 0 amide bonds. The Kier molecular flexibility index (Phi) is 4.27. The Hall–Kier alpha value is -3.00. The number of fused-ring (bicyclic) bond motifs is 2. The van der Waals surface area contributed by atoms with Crippen molar-refractivity contribution >= 4 is 38.7 Å². The molecule has 0 bridgehead atoms. The van der Waals surface area contributed by atoms with Gasteiger partial charge in [0, 0.05) is 17.0 Å². The minimum absolute atomic E-state index is 0.107. The summed E-state index contributed by atoms with van der Waals surface area (Å²) in [5.41, 5.74) is 3.05. The van der Waals surface area contributed by atoms with Crippen molar-refractivity contribution in [2.45, 2.75) is 26.4 Å². The first kappa shape index (κ1) is 17.4. The van der Waals surface area contributed by atoms with Crippen molar-refractivity contribution < 1.29 is 9.53 Å². The number of nitrogens with zero attached hydrogens (tertiary/aromatic N) is 4. The molecule has 0 spiro atoms. The lowest BCUT2D eigenvalue weighted by Gasteiger charge is -2.10. The molecule has 0 aliphatic rings. The summed E-state index contributed by atoms with van der Waals surface area (Å²) >= 11 is 1.09. The summed E-state index contributed by atoms with van der Waals surface area (Å²) in [4.78, 5) is 28.9. The van der Waals surface area contributed by atoms with E-state index in [1.807, 2.05) is 48.9 Å². The molecule has 4 rings (SSSR count). The summed E-state index contributed by atoms with van der Waals surface area (Å²) in [6.07, 6.45) is 1.79. The largest absolute Gasteiger partial charge is 0.468 e. The van der Waals surface area contributed by atoms with Crippen molar-refractivity contribution in [2.75, 3.05) is 7.11 Å². The molecule has 0 aliphatic heterocycles. The molecular weight excluding hydrogens is 364 g/mol. The van der Waals surface area contributed by atoms with Crippen molar-refractivity contribution in [1.82, 2.24) is 19.3 Å². The number of pyridine rings is 1. The fourth-order valence-corrected chi connectivity index (χ4v) is 4.15. The van der Waals surface area contributed by atoms with E-state index in [-0.39, 0.29) is 17.5 Å². The molecule has 4 aromatic rings. The van der Waals surface area contributed by atoms with Crippen LogP contribution in [0.1, 0.15) is 19.9 Å². The van der Waals surface area contributed by atoms with Gasteiger partial charge in [-0.3, -0.25) is 14.2 Å². The van der Waals surface area contributed by atoms with Crippen LogP contribution in [0.2, 0.25) is 0 Å². The normalized spacial score (nSPS) is 11.6. The van der Waals surface area contributed by atoms with Gasteiger partial charge in [0.1, 0.15) is 6.54 Å². The molecule has 3 aromatic heterocycles. The number of carbonyl (C=O) groups excluding carboxylic acids is 1.